The number of aromatic nitrogens is 3. The third kappa shape index (κ3) is 2.40. The van der Waals surface area contributed by atoms with E-state index in [4.69, 9.17) is 5.26 Å². The third-order valence-corrected chi connectivity index (χ3v) is 4.31. The van der Waals surface area contributed by atoms with Crippen LogP contribution in [0.4, 0.5) is 10.3 Å². The molecule has 0 saturated carbocycles. The van der Waals surface area contributed by atoms with Crippen LogP contribution in [0.3, 0.4) is 0 Å². The lowest BCUT2D eigenvalue weighted by atomic mass is 9.92. The number of benzene rings is 2. The fraction of sp³-hybridized carbons (Fsp3) is 0.167. The van der Waals surface area contributed by atoms with Crippen LogP contribution in [0.15, 0.2) is 54.9 Å². The number of halogens is 1. The van der Waals surface area contributed by atoms with E-state index in [2.05, 4.69) is 21.5 Å². The summed E-state index contributed by atoms with van der Waals surface area (Å²) in [6.07, 6.45) is 2.10. The number of anilines is 1. The van der Waals surface area contributed by atoms with Crippen molar-refractivity contribution in [2.24, 2.45) is 0 Å². The summed E-state index contributed by atoms with van der Waals surface area (Å²) in [5.74, 6) is 0.356. The maximum Gasteiger partial charge on any atom is 0.222 e. The molecule has 3 aromatic rings. The first-order valence-corrected chi connectivity index (χ1v) is 7.67. The van der Waals surface area contributed by atoms with Gasteiger partial charge in [-0.2, -0.15) is 15.3 Å². The molecule has 0 amide bonds. The third-order valence-electron chi connectivity index (χ3n) is 4.31. The van der Waals surface area contributed by atoms with Crippen LogP contribution in [0.1, 0.15) is 35.2 Å². The van der Waals surface area contributed by atoms with Crippen molar-refractivity contribution < 1.29 is 4.39 Å². The summed E-state index contributed by atoms with van der Waals surface area (Å²) in [6, 6.07) is 16.0. The molecule has 1 N–H and O–H groups in total. The topological polar surface area (TPSA) is 66.5 Å². The number of nitriles is 1. The summed E-state index contributed by atoms with van der Waals surface area (Å²) >= 11 is 0. The zero-order valence-electron chi connectivity index (χ0n) is 12.7. The van der Waals surface area contributed by atoms with E-state index < -0.39 is 0 Å². The molecule has 2 aromatic carbocycles. The SMILES string of the molecule is N#Cc1cccc([C@H]2C[C@H](c3ccccc3F)Nc3ncnn32)c1. The van der Waals surface area contributed by atoms with Gasteiger partial charge in [0.2, 0.25) is 5.95 Å². The fourth-order valence-corrected chi connectivity index (χ4v) is 3.17. The Morgan fingerprint density at radius 1 is 1.21 bits per heavy atom. The standard InChI is InChI=1S/C18H14FN5/c19-15-7-2-1-6-14(15)16-9-17(24-18(23-16)21-11-22-24)13-5-3-4-12(8-13)10-20/h1-8,11,16-17H,9H2,(H,21,22,23)/t16-,17-/m1/s1. The first-order valence-electron chi connectivity index (χ1n) is 7.67. The van der Waals surface area contributed by atoms with E-state index in [1.54, 1.807) is 22.9 Å². The van der Waals surface area contributed by atoms with Gasteiger partial charge in [-0.25, -0.2) is 9.07 Å². The molecule has 0 spiro atoms. The van der Waals surface area contributed by atoms with Crippen LogP contribution in [-0.4, -0.2) is 14.8 Å². The molecule has 118 valence electrons. The first kappa shape index (κ1) is 14.4. The lowest BCUT2D eigenvalue weighted by molar-refractivity contribution is 0.423. The quantitative estimate of drug-likeness (QED) is 0.786. The molecule has 0 fully saturated rings. The normalized spacial score (nSPS) is 19.2. The number of hydrogen-bond acceptors (Lipinski definition) is 4. The van der Waals surface area contributed by atoms with Gasteiger partial charge in [0.05, 0.1) is 23.7 Å². The minimum Gasteiger partial charge on any atom is -0.347 e. The van der Waals surface area contributed by atoms with Gasteiger partial charge >= 0.3 is 0 Å². The summed E-state index contributed by atoms with van der Waals surface area (Å²) < 4.78 is 16.0. The molecule has 1 aliphatic rings. The number of hydrogen-bond donors (Lipinski definition) is 1. The molecule has 1 aromatic heterocycles. The molecule has 24 heavy (non-hydrogen) atoms. The molecule has 1 aliphatic heterocycles. The predicted octanol–water partition coefficient (Wildman–Crippen LogP) is 3.44. The molecule has 2 heterocycles. The van der Waals surface area contributed by atoms with Crippen molar-refractivity contribution in [1.29, 1.82) is 5.26 Å². The number of fused-ring (bicyclic) bond motifs is 1. The van der Waals surface area contributed by atoms with Gasteiger partial charge in [-0.05, 0) is 30.2 Å². The van der Waals surface area contributed by atoms with Gasteiger partial charge < -0.3 is 5.32 Å². The molecule has 0 aliphatic carbocycles. The average Bonchev–Trinajstić information content (AvgIpc) is 3.10. The van der Waals surface area contributed by atoms with Crippen LogP contribution in [0.2, 0.25) is 0 Å². The molecule has 6 heteroatoms. The van der Waals surface area contributed by atoms with Gasteiger partial charge in [-0.3, -0.25) is 0 Å². The van der Waals surface area contributed by atoms with Gasteiger partial charge in [0.25, 0.3) is 0 Å². The largest absolute Gasteiger partial charge is 0.347 e. The van der Waals surface area contributed by atoms with Crippen molar-refractivity contribution in [3.8, 4) is 6.07 Å². The van der Waals surface area contributed by atoms with Gasteiger partial charge in [0.1, 0.15) is 12.1 Å². The molecular weight excluding hydrogens is 305 g/mol. The Morgan fingerprint density at radius 2 is 2.08 bits per heavy atom. The molecule has 0 unspecified atom stereocenters. The molecular formula is C18H14FN5. The lowest BCUT2D eigenvalue weighted by Crippen LogP contribution is -2.28. The molecule has 2 atom stereocenters. The van der Waals surface area contributed by atoms with Crippen LogP contribution in [0, 0.1) is 17.1 Å². The van der Waals surface area contributed by atoms with Crippen LogP contribution in [0.25, 0.3) is 0 Å². The van der Waals surface area contributed by atoms with Crippen molar-refractivity contribution >= 4 is 5.95 Å². The Labute approximate surface area is 138 Å². The smallest absolute Gasteiger partial charge is 0.222 e. The maximum atomic E-state index is 14.2. The second-order valence-corrected chi connectivity index (χ2v) is 5.74. The number of nitrogens with one attached hydrogen (secondary N) is 1. The van der Waals surface area contributed by atoms with Gasteiger partial charge in [0, 0.05) is 5.56 Å². The van der Waals surface area contributed by atoms with Crippen molar-refractivity contribution in [3.63, 3.8) is 0 Å². The van der Waals surface area contributed by atoms with Crippen LogP contribution < -0.4 is 5.32 Å². The van der Waals surface area contributed by atoms with Crippen LogP contribution >= 0.6 is 0 Å². The highest BCUT2D eigenvalue weighted by molar-refractivity contribution is 5.40. The highest BCUT2D eigenvalue weighted by atomic mass is 19.1. The molecule has 0 radical (unpaired) electrons. The zero-order chi connectivity index (χ0) is 16.5. The van der Waals surface area contributed by atoms with Gasteiger partial charge in [0.15, 0.2) is 0 Å². The summed E-state index contributed by atoms with van der Waals surface area (Å²) in [4.78, 5) is 4.23. The summed E-state index contributed by atoms with van der Waals surface area (Å²) in [5.41, 5.74) is 2.16. The Kier molecular flexibility index (Phi) is 3.47. The Balaban J connectivity index is 1.77. The van der Waals surface area contributed by atoms with E-state index in [9.17, 15) is 4.39 Å². The maximum absolute atomic E-state index is 14.2. The highest BCUT2D eigenvalue weighted by Crippen LogP contribution is 2.38. The highest BCUT2D eigenvalue weighted by Gasteiger charge is 2.31. The summed E-state index contributed by atoms with van der Waals surface area (Å²) in [7, 11) is 0. The van der Waals surface area contributed by atoms with E-state index in [1.165, 1.54) is 12.4 Å². The van der Waals surface area contributed by atoms with Crippen molar-refractivity contribution in [3.05, 3.63) is 77.4 Å². The minimum atomic E-state index is -0.243. The second-order valence-electron chi connectivity index (χ2n) is 5.74. The minimum absolute atomic E-state index is 0.110. The monoisotopic (exact) mass is 319 g/mol. The second kappa shape index (κ2) is 5.78. The van der Waals surface area contributed by atoms with Crippen molar-refractivity contribution in [1.82, 2.24) is 14.8 Å². The van der Waals surface area contributed by atoms with E-state index in [0.717, 1.165) is 5.56 Å². The van der Waals surface area contributed by atoms with E-state index >= 15 is 0 Å². The van der Waals surface area contributed by atoms with Gasteiger partial charge in [-0.1, -0.05) is 30.3 Å². The Hall–Kier alpha value is -3.20. The summed E-state index contributed by atoms with van der Waals surface area (Å²) in [6.45, 7) is 0. The van der Waals surface area contributed by atoms with E-state index in [-0.39, 0.29) is 17.9 Å². The van der Waals surface area contributed by atoms with E-state index in [1.807, 2.05) is 24.3 Å². The van der Waals surface area contributed by atoms with E-state index in [0.29, 0.717) is 23.5 Å². The van der Waals surface area contributed by atoms with Crippen molar-refractivity contribution in [2.75, 3.05) is 5.32 Å². The van der Waals surface area contributed by atoms with Crippen LogP contribution in [0.5, 0.6) is 0 Å². The first-order chi connectivity index (χ1) is 11.8. The number of nitrogens with zero attached hydrogens (tertiary/aromatic N) is 4. The Bertz CT molecular complexity index is 927. The van der Waals surface area contributed by atoms with Crippen LogP contribution in [-0.2, 0) is 0 Å². The van der Waals surface area contributed by atoms with Crippen molar-refractivity contribution in [2.45, 2.75) is 18.5 Å². The zero-order valence-corrected chi connectivity index (χ0v) is 12.7. The average molecular weight is 319 g/mol. The number of rotatable bonds is 2. The lowest BCUT2D eigenvalue weighted by Gasteiger charge is -2.32. The Morgan fingerprint density at radius 3 is 2.92 bits per heavy atom. The fourth-order valence-electron chi connectivity index (χ4n) is 3.17. The molecule has 5 nitrogen and oxygen atoms in total. The molecule has 0 saturated heterocycles. The van der Waals surface area contributed by atoms with Gasteiger partial charge in [-0.15, -0.1) is 0 Å². The predicted molar refractivity (Wildman–Crippen MR) is 86.7 cm³/mol. The summed E-state index contributed by atoms with van der Waals surface area (Å²) in [5, 5.41) is 16.7. The molecule has 4 rings (SSSR count). The molecule has 0 bridgehead atoms.